The van der Waals surface area contributed by atoms with Crippen LogP contribution in [0.1, 0.15) is 98.4 Å². The molecular weight excluding hydrogens is 574 g/mol. The molecule has 3 unspecified atom stereocenters. The Labute approximate surface area is 267 Å². The molecule has 2 aromatic rings. The van der Waals surface area contributed by atoms with Crippen molar-refractivity contribution in [3.63, 3.8) is 0 Å². The fourth-order valence-electron chi connectivity index (χ4n) is 4.67. The van der Waals surface area contributed by atoms with Crippen molar-refractivity contribution in [3.05, 3.63) is 65.2 Å². The lowest BCUT2D eigenvalue weighted by Crippen LogP contribution is -2.59. The number of carbonyl (C=O) groups is 4. The summed E-state index contributed by atoms with van der Waals surface area (Å²) in [4.78, 5) is 56.2. The normalized spacial score (nSPS) is 14.0. The number of aromatic hydroxyl groups is 1. The van der Waals surface area contributed by atoms with Gasteiger partial charge in [-0.15, -0.1) is 0 Å². The smallest absolute Gasteiger partial charge is 0.408 e. The molecule has 10 heteroatoms. The number of phenolic OH excluding ortho intramolecular Hbond substituents is 1. The summed E-state index contributed by atoms with van der Waals surface area (Å²) in [5.74, 6) is -2.07. The van der Waals surface area contributed by atoms with Crippen LogP contribution >= 0.6 is 0 Å². The Morgan fingerprint density at radius 3 is 1.96 bits per heavy atom. The first-order valence-electron chi connectivity index (χ1n) is 15.3. The Morgan fingerprint density at radius 1 is 0.844 bits per heavy atom. The summed E-state index contributed by atoms with van der Waals surface area (Å²) in [5.41, 5.74) is -1.09. The Kier molecular flexibility index (Phi) is 12.2. The van der Waals surface area contributed by atoms with Gasteiger partial charge in [0.15, 0.2) is 0 Å². The number of benzene rings is 2. The minimum atomic E-state index is -1.38. The van der Waals surface area contributed by atoms with Crippen LogP contribution in [0.2, 0.25) is 0 Å². The van der Waals surface area contributed by atoms with Gasteiger partial charge < -0.3 is 30.1 Å². The van der Waals surface area contributed by atoms with Gasteiger partial charge in [0, 0.05) is 17.5 Å². The minimum absolute atomic E-state index is 0.135. The van der Waals surface area contributed by atoms with Crippen LogP contribution in [0.3, 0.4) is 0 Å². The van der Waals surface area contributed by atoms with Crippen molar-refractivity contribution >= 4 is 23.9 Å². The van der Waals surface area contributed by atoms with Crippen LogP contribution in [0.4, 0.5) is 4.79 Å². The Balaban J connectivity index is 2.67. The summed E-state index contributed by atoms with van der Waals surface area (Å²) < 4.78 is 11.0. The highest BCUT2D eigenvalue weighted by atomic mass is 16.6. The van der Waals surface area contributed by atoms with Crippen LogP contribution in [0.15, 0.2) is 48.5 Å². The van der Waals surface area contributed by atoms with Crippen LogP contribution in [0.25, 0.3) is 0 Å². The van der Waals surface area contributed by atoms with E-state index in [0.717, 1.165) is 5.56 Å². The molecule has 0 aliphatic rings. The molecule has 0 fully saturated rings. The van der Waals surface area contributed by atoms with E-state index < -0.39 is 58.7 Å². The molecule has 0 aliphatic carbocycles. The topological polar surface area (TPSA) is 134 Å². The van der Waals surface area contributed by atoms with Crippen LogP contribution in [-0.4, -0.2) is 62.7 Å². The Hall–Kier alpha value is -4.08. The molecule has 3 N–H and O–H groups in total. The molecule has 0 heterocycles. The first kappa shape index (κ1) is 37.1. The summed E-state index contributed by atoms with van der Waals surface area (Å²) in [6.07, 6.45) is -0.228. The maximum absolute atomic E-state index is 14.5. The average Bonchev–Trinajstić information content (AvgIpc) is 2.91. The van der Waals surface area contributed by atoms with Crippen molar-refractivity contribution in [2.75, 3.05) is 0 Å². The second kappa shape index (κ2) is 14.8. The molecule has 3 atom stereocenters. The highest BCUT2D eigenvalue weighted by Gasteiger charge is 2.44. The summed E-state index contributed by atoms with van der Waals surface area (Å²) in [6.45, 7) is 19.0. The molecule has 45 heavy (non-hydrogen) atoms. The molecule has 248 valence electrons. The van der Waals surface area contributed by atoms with Crippen LogP contribution in [-0.2, 0) is 30.3 Å². The number of esters is 1. The van der Waals surface area contributed by atoms with Crippen molar-refractivity contribution in [1.82, 2.24) is 15.5 Å². The molecule has 0 bridgehead atoms. The predicted molar refractivity (Wildman–Crippen MR) is 174 cm³/mol. The number of hydrogen-bond acceptors (Lipinski definition) is 7. The zero-order valence-electron chi connectivity index (χ0n) is 28.6. The van der Waals surface area contributed by atoms with Gasteiger partial charge in [-0.25, -0.2) is 9.59 Å². The second-order valence-electron chi connectivity index (χ2n) is 13.9. The minimum Gasteiger partial charge on any atom is -0.507 e. The third-order valence-electron chi connectivity index (χ3n) is 7.22. The SMILES string of the molecule is CCC(C)(C)N(C(=O)C(C)NC(=O)OC(C)(C)C)C(C(=O)NC(Cc1ccccc1)C(=O)OC(C)(C)C)c1cccc(C)c1O. The van der Waals surface area contributed by atoms with Gasteiger partial charge in [-0.3, -0.25) is 9.59 Å². The number of nitrogens with one attached hydrogen (secondary N) is 2. The van der Waals surface area contributed by atoms with Crippen molar-refractivity contribution in [2.24, 2.45) is 0 Å². The number of aryl methyl sites for hydroxylation is 1. The third kappa shape index (κ3) is 10.8. The molecular formula is C35H51N3O7. The van der Waals surface area contributed by atoms with Crippen molar-refractivity contribution in [3.8, 4) is 5.75 Å². The number of carbonyl (C=O) groups excluding carboxylic acids is 4. The molecule has 2 rings (SSSR count). The van der Waals surface area contributed by atoms with E-state index >= 15 is 0 Å². The molecule has 0 spiro atoms. The number of amides is 3. The number of phenols is 1. The summed E-state index contributed by atoms with van der Waals surface area (Å²) in [6, 6.07) is 10.6. The van der Waals surface area contributed by atoms with Gasteiger partial charge in [-0.2, -0.15) is 0 Å². The standard InChI is InChI=1S/C35H51N3O7/c1-12-35(10,11)38(30(41)23(3)36-32(43)45-34(7,8)9)27(25-20-16-17-22(2)28(25)39)29(40)37-26(31(42)44-33(4,5)6)21-24-18-14-13-15-19-24/h13-20,23,26-27,39H,12,21H2,1-11H3,(H,36,43)(H,37,40). The third-order valence-corrected chi connectivity index (χ3v) is 7.22. The fourth-order valence-corrected chi connectivity index (χ4v) is 4.67. The number of para-hydroxylation sites is 1. The summed E-state index contributed by atoms with van der Waals surface area (Å²) in [5, 5.41) is 16.7. The average molecular weight is 626 g/mol. The van der Waals surface area contributed by atoms with Gasteiger partial charge in [0.25, 0.3) is 0 Å². The van der Waals surface area contributed by atoms with Gasteiger partial charge in [0.2, 0.25) is 11.8 Å². The predicted octanol–water partition coefficient (Wildman–Crippen LogP) is 5.74. The van der Waals surface area contributed by atoms with E-state index in [4.69, 9.17) is 9.47 Å². The lowest BCUT2D eigenvalue weighted by Gasteiger charge is -2.44. The molecule has 0 saturated carbocycles. The van der Waals surface area contributed by atoms with Gasteiger partial charge in [0.05, 0.1) is 0 Å². The number of hydrogen-bond donors (Lipinski definition) is 3. The molecule has 10 nitrogen and oxygen atoms in total. The fraction of sp³-hybridized carbons (Fsp3) is 0.543. The van der Waals surface area contributed by atoms with E-state index in [-0.39, 0.29) is 17.7 Å². The summed E-state index contributed by atoms with van der Waals surface area (Å²) >= 11 is 0. The van der Waals surface area contributed by atoms with Crippen molar-refractivity contribution in [1.29, 1.82) is 0 Å². The highest BCUT2D eigenvalue weighted by molar-refractivity contribution is 5.94. The van der Waals surface area contributed by atoms with Gasteiger partial charge in [0.1, 0.15) is 35.1 Å². The van der Waals surface area contributed by atoms with E-state index in [1.807, 2.05) is 37.3 Å². The zero-order valence-corrected chi connectivity index (χ0v) is 28.6. The largest absolute Gasteiger partial charge is 0.507 e. The number of rotatable bonds is 11. The number of nitrogens with zero attached hydrogens (tertiary/aromatic N) is 1. The number of ether oxygens (including phenoxy) is 2. The molecule has 0 aromatic heterocycles. The van der Waals surface area contributed by atoms with Crippen molar-refractivity contribution in [2.45, 2.75) is 124 Å². The Bertz CT molecular complexity index is 1340. The molecule has 0 saturated heterocycles. The van der Waals surface area contributed by atoms with Gasteiger partial charge in [-0.1, -0.05) is 55.5 Å². The quantitative estimate of drug-likeness (QED) is 0.271. The van der Waals surface area contributed by atoms with E-state index in [0.29, 0.717) is 12.0 Å². The highest BCUT2D eigenvalue weighted by Crippen LogP contribution is 2.37. The molecule has 2 aromatic carbocycles. The van der Waals surface area contributed by atoms with E-state index in [9.17, 15) is 24.3 Å². The van der Waals surface area contributed by atoms with Crippen LogP contribution < -0.4 is 10.6 Å². The lowest BCUT2D eigenvalue weighted by atomic mass is 9.91. The van der Waals surface area contributed by atoms with E-state index in [1.165, 1.54) is 11.8 Å². The van der Waals surface area contributed by atoms with Gasteiger partial charge >= 0.3 is 12.1 Å². The van der Waals surface area contributed by atoms with E-state index in [2.05, 4.69) is 10.6 Å². The Morgan fingerprint density at radius 2 is 1.42 bits per heavy atom. The monoisotopic (exact) mass is 625 g/mol. The zero-order chi connectivity index (χ0) is 34.3. The maximum atomic E-state index is 14.5. The van der Waals surface area contributed by atoms with E-state index in [1.54, 1.807) is 80.5 Å². The second-order valence-corrected chi connectivity index (χ2v) is 13.9. The first-order chi connectivity index (χ1) is 20.7. The molecule has 3 amide bonds. The lowest BCUT2D eigenvalue weighted by molar-refractivity contribution is -0.159. The van der Waals surface area contributed by atoms with Crippen LogP contribution in [0, 0.1) is 6.92 Å². The molecule has 0 radical (unpaired) electrons. The van der Waals surface area contributed by atoms with Gasteiger partial charge in [-0.05, 0) is 86.8 Å². The van der Waals surface area contributed by atoms with Crippen LogP contribution in [0.5, 0.6) is 5.75 Å². The molecule has 0 aliphatic heterocycles. The maximum Gasteiger partial charge on any atom is 0.408 e. The summed E-state index contributed by atoms with van der Waals surface area (Å²) in [7, 11) is 0. The van der Waals surface area contributed by atoms with Crippen molar-refractivity contribution < 1.29 is 33.8 Å². The number of alkyl carbamates (subject to hydrolysis) is 1. The first-order valence-corrected chi connectivity index (χ1v) is 15.3.